The molecule has 1 N–H and O–H groups in total. The SMILES string of the molecule is O=C(O)CN(Cc1c(Cl)cccc1Cl)C1CCCC1. The Morgan fingerprint density at radius 1 is 1.26 bits per heavy atom. The lowest BCUT2D eigenvalue weighted by atomic mass is 10.1. The fourth-order valence-electron chi connectivity index (χ4n) is 2.64. The Labute approximate surface area is 123 Å². The Kier molecular flexibility index (Phi) is 5.08. The first-order chi connectivity index (χ1) is 9.08. The number of rotatable bonds is 5. The van der Waals surface area contributed by atoms with E-state index in [9.17, 15) is 4.79 Å². The van der Waals surface area contributed by atoms with E-state index in [-0.39, 0.29) is 6.54 Å². The fraction of sp³-hybridized carbons (Fsp3) is 0.500. The lowest BCUT2D eigenvalue weighted by Gasteiger charge is -2.27. The first-order valence-electron chi connectivity index (χ1n) is 6.46. The molecule has 104 valence electrons. The molecule has 2 rings (SSSR count). The minimum absolute atomic E-state index is 0.0339. The zero-order valence-corrected chi connectivity index (χ0v) is 12.1. The second-order valence-corrected chi connectivity index (χ2v) is 5.75. The molecule has 0 saturated heterocycles. The van der Waals surface area contributed by atoms with E-state index in [1.807, 2.05) is 4.90 Å². The van der Waals surface area contributed by atoms with Crippen LogP contribution in [0.25, 0.3) is 0 Å². The summed E-state index contributed by atoms with van der Waals surface area (Å²) < 4.78 is 0. The van der Waals surface area contributed by atoms with Gasteiger partial charge >= 0.3 is 5.97 Å². The molecule has 0 spiro atoms. The Bertz CT molecular complexity index is 439. The molecule has 0 amide bonds. The van der Waals surface area contributed by atoms with Gasteiger partial charge in [0.1, 0.15) is 0 Å². The van der Waals surface area contributed by atoms with Crippen molar-refractivity contribution in [2.24, 2.45) is 0 Å². The molecule has 3 nitrogen and oxygen atoms in total. The predicted octanol–water partition coefficient (Wildman–Crippen LogP) is 3.82. The van der Waals surface area contributed by atoms with Crippen LogP contribution in [0.4, 0.5) is 0 Å². The van der Waals surface area contributed by atoms with E-state index >= 15 is 0 Å². The van der Waals surface area contributed by atoms with Crippen molar-refractivity contribution in [2.45, 2.75) is 38.3 Å². The van der Waals surface area contributed by atoms with E-state index in [2.05, 4.69) is 0 Å². The maximum absolute atomic E-state index is 11.0. The van der Waals surface area contributed by atoms with Gasteiger partial charge in [0.2, 0.25) is 0 Å². The number of nitrogens with zero attached hydrogens (tertiary/aromatic N) is 1. The van der Waals surface area contributed by atoms with Crippen LogP contribution in [0.2, 0.25) is 10.0 Å². The molecular weight excluding hydrogens is 285 g/mol. The fourth-order valence-corrected chi connectivity index (χ4v) is 3.16. The number of carboxylic acids is 1. The van der Waals surface area contributed by atoms with Crippen LogP contribution in [0.1, 0.15) is 31.2 Å². The van der Waals surface area contributed by atoms with Gasteiger partial charge in [-0.2, -0.15) is 0 Å². The summed E-state index contributed by atoms with van der Waals surface area (Å²) >= 11 is 12.3. The monoisotopic (exact) mass is 301 g/mol. The summed E-state index contributed by atoms with van der Waals surface area (Å²) in [5.74, 6) is -0.810. The highest BCUT2D eigenvalue weighted by molar-refractivity contribution is 6.35. The zero-order chi connectivity index (χ0) is 13.8. The molecule has 1 aromatic carbocycles. The van der Waals surface area contributed by atoms with E-state index in [0.29, 0.717) is 22.6 Å². The van der Waals surface area contributed by atoms with Crippen molar-refractivity contribution in [2.75, 3.05) is 6.54 Å². The van der Waals surface area contributed by atoms with Gasteiger partial charge in [-0.25, -0.2) is 0 Å². The molecule has 1 saturated carbocycles. The molecule has 1 aromatic rings. The minimum atomic E-state index is -0.810. The highest BCUT2D eigenvalue weighted by Gasteiger charge is 2.25. The maximum atomic E-state index is 11.0. The van der Waals surface area contributed by atoms with Crippen molar-refractivity contribution in [1.82, 2.24) is 4.90 Å². The third-order valence-corrected chi connectivity index (χ3v) is 4.31. The molecule has 0 atom stereocenters. The van der Waals surface area contributed by atoms with Crippen LogP contribution in [-0.4, -0.2) is 28.6 Å². The van der Waals surface area contributed by atoms with Crippen LogP contribution in [-0.2, 0) is 11.3 Å². The predicted molar refractivity (Wildman–Crippen MR) is 76.8 cm³/mol. The van der Waals surface area contributed by atoms with Crippen molar-refractivity contribution in [1.29, 1.82) is 0 Å². The van der Waals surface area contributed by atoms with E-state index in [1.54, 1.807) is 18.2 Å². The number of hydrogen-bond donors (Lipinski definition) is 1. The summed E-state index contributed by atoms with van der Waals surface area (Å²) in [7, 11) is 0. The van der Waals surface area contributed by atoms with Crippen LogP contribution >= 0.6 is 23.2 Å². The first kappa shape index (κ1) is 14.6. The summed E-state index contributed by atoms with van der Waals surface area (Å²) in [4.78, 5) is 13.0. The summed E-state index contributed by atoms with van der Waals surface area (Å²) in [5.41, 5.74) is 0.819. The van der Waals surface area contributed by atoms with Gasteiger partial charge in [0, 0.05) is 28.2 Å². The average Bonchev–Trinajstić information content (AvgIpc) is 2.85. The summed E-state index contributed by atoms with van der Waals surface area (Å²) in [5, 5.41) is 10.2. The third kappa shape index (κ3) is 3.85. The standard InChI is InChI=1S/C14H17Cl2NO2/c15-12-6-3-7-13(16)11(12)8-17(9-14(18)19)10-4-1-2-5-10/h3,6-7,10H,1-2,4-5,8-9H2,(H,18,19). The molecule has 0 radical (unpaired) electrons. The minimum Gasteiger partial charge on any atom is -0.480 e. The highest BCUT2D eigenvalue weighted by Crippen LogP contribution is 2.29. The van der Waals surface area contributed by atoms with Gasteiger partial charge in [0.15, 0.2) is 0 Å². The summed E-state index contributed by atoms with van der Waals surface area (Å²) in [6, 6.07) is 5.70. The van der Waals surface area contributed by atoms with Crippen LogP contribution < -0.4 is 0 Å². The second kappa shape index (κ2) is 6.60. The van der Waals surface area contributed by atoms with Gasteiger partial charge in [-0.05, 0) is 25.0 Å². The van der Waals surface area contributed by atoms with Gasteiger partial charge < -0.3 is 5.11 Å². The van der Waals surface area contributed by atoms with E-state index in [0.717, 1.165) is 31.2 Å². The molecule has 0 aliphatic heterocycles. The number of carboxylic acid groups (broad SMARTS) is 1. The van der Waals surface area contributed by atoms with Crippen LogP contribution in [0, 0.1) is 0 Å². The lowest BCUT2D eigenvalue weighted by molar-refractivity contribution is -0.139. The van der Waals surface area contributed by atoms with Crippen molar-refractivity contribution < 1.29 is 9.90 Å². The third-order valence-electron chi connectivity index (χ3n) is 3.60. The van der Waals surface area contributed by atoms with Crippen molar-refractivity contribution in [3.63, 3.8) is 0 Å². The average molecular weight is 302 g/mol. The number of halogens is 2. The smallest absolute Gasteiger partial charge is 0.317 e. The van der Waals surface area contributed by atoms with Crippen LogP contribution in [0.3, 0.4) is 0 Å². The van der Waals surface area contributed by atoms with Gasteiger partial charge in [0.25, 0.3) is 0 Å². The summed E-state index contributed by atoms with van der Waals surface area (Å²) in [6.07, 6.45) is 4.43. The summed E-state index contributed by atoms with van der Waals surface area (Å²) in [6.45, 7) is 0.529. The van der Waals surface area contributed by atoms with Crippen molar-refractivity contribution >= 4 is 29.2 Å². The van der Waals surface area contributed by atoms with E-state index < -0.39 is 5.97 Å². The molecule has 5 heteroatoms. The molecule has 0 aromatic heterocycles. The Balaban J connectivity index is 2.17. The molecule has 0 heterocycles. The van der Waals surface area contributed by atoms with Crippen molar-refractivity contribution in [3.8, 4) is 0 Å². The maximum Gasteiger partial charge on any atom is 0.317 e. The quantitative estimate of drug-likeness (QED) is 0.899. The molecule has 19 heavy (non-hydrogen) atoms. The largest absolute Gasteiger partial charge is 0.480 e. The van der Waals surface area contributed by atoms with Gasteiger partial charge in [0.05, 0.1) is 6.54 Å². The van der Waals surface area contributed by atoms with Crippen LogP contribution in [0.15, 0.2) is 18.2 Å². The first-order valence-corrected chi connectivity index (χ1v) is 7.22. The normalized spacial score (nSPS) is 16.2. The van der Waals surface area contributed by atoms with E-state index in [4.69, 9.17) is 28.3 Å². The highest BCUT2D eigenvalue weighted by atomic mass is 35.5. The topological polar surface area (TPSA) is 40.5 Å². The van der Waals surface area contributed by atoms with Crippen molar-refractivity contribution in [3.05, 3.63) is 33.8 Å². The van der Waals surface area contributed by atoms with Crippen LogP contribution in [0.5, 0.6) is 0 Å². The van der Waals surface area contributed by atoms with Gasteiger partial charge in [-0.1, -0.05) is 42.1 Å². The number of carbonyl (C=O) groups is 1. The second-order valence-electron chi connectivity index (χ2n) is 4.94. The number of aliphatic carboxylic acids is 1. The zero-order valence-electron chi connectivity index (χ0n) is 10.6. The molecule has 1 aliphatic carbocycles. The molecule has 0 bridgehead atoms. The lowest BCUT2D eigenvalue weighted by Crippen LogP contribution is -2.37. The molecule has 1 aliphatic rings. The van der Waals surface area contributed by atoms with Gasteiger partial charge in [-0.15, -0.1) is 0 Å². The van der Waals surface area contributed by atoms with Gasteiger partial charge in [-0.3, -0.25) is 9.69 Å². The molecular formula is C14H17Cl2NO2. The molecule has 1 fully saturated rings. The van der Waals surface area contributed by atoms with E-state index in [1.165, 1.54) is 0 Å². The number of benzene rings is 1. The number of hydrogen-bond acceptors (Lipinski definition) is 2. The Morgan fingerprint density at radius 2 is 1.84 bits per heavy atom. The Morgan fingerprint density at radius 3 is 2.37 bits per heavy atom. The molecule has 0 unspecified atom stereocenters. The Hall–Kier alpha value is -0.770.